The van der Waals surface area contributed by atoms with Gasteiger partial charge in [0.15, 0.2) is 22.8 Å². The lowest BCUT2D eigenvalue weighted by Gasteiger charge is -2.38. The molecule has 2 N–H and O–H groups in total. The van der Waals surface area contributed by atoms with Crippen molar-refractivity contribution in [3.63, 3.8) is 0 Å². The van der Waals surface area contributed by atoms with Gasteiger partial charge in [-0.1, -0.05) is 72.8 Å². The molecule has 0 spiro atoms. The van der Waals surface area contributed by atoms with Crippen LogP contribution in [0, 0.1) is 0 Å². The summed E-state index contributed by atoms with van der Waals surface area (Å²) in [6.07, 6.45) is 2.69. The third kappa shape index (κ3) is 3.36. The minimum Gasteiger partial charge on any atom is -0.493 e. The van der Waals surface area contributed by atoms with Crippen LogP contribution in [0.1, 0.15) is 16.7 Å². The summed E-state index contributed by atoms with van der Waals surface area (Å²) < 4.78 is 12.4. The maximum atomic E-state index is 10.1. The first-order valence-electron chi connectivity index (χ1n) is 10.7. The van der Waals surface area contributed by atoms with E-state index in [2.05, 4.69) is 20.3 Å². The summed E-state index contributed by atoms with van der Waals surface area (Å²) in [5, 5.41) is 13.8. The van der Waals surface area contributed by atoms with Crippen LogP contribution in [0.2, 0.25) is 0 Å². The quantitative estimate of drug-likeness (QED) is 0.277. The van der Waals surface area contributed by atoms with E-state index in [9.17, 15) is 5.21 Å². The zero-order chi connectivity index (χ0) is 23.5. The molecule has 0 amide bonds. The number of fused-ring (bicyclic) bond motifs is 1. The molecule has 5 rings (SSSR count). The topological polar surface area (TPSA) is 94.3 Å². The monoisotopic (exact) mass is 453 g/mol. The first-order chi connectivity index (χ1) is 16.7. The van der Waals surface area contributed by atoms with Gasteiger partial charge in [0.2, 0.25) is 5.65 Å². The number of aromatic nitrogens is 4. The van der Waals surface area contributed by atoms with E-state index >= 15 is 0 Å². The zero-order valence-corrected chi connectivity index (χ0v) is 18.7. The molecule has 0 atom stereocenters. The van der Waals surface area contributed by atoms with Crippen molar-refractivity contribution in [1.82, 2.24) is 19.7 Å². The number of nitrogens with zero attached hydrogens (tertiary/aromatic N) is 4. The number of benzene rings is 3. The molecule has 0 aliphatic carbocycles. The van der Waals surface area contributed by atoms with Crippen LogP contribution >= 0.6 is 0 Å². The molecule has 8 heteroatoms. The molecule has 3 aromatic carbocycles. The molecule has 2 aromatic heterocycles. The van der Waals surface area contributed by atoms with Crippen LogP contribution in [0.3, 0.4) is 0 Å². The van der Waals surface area contributed by atoms with Gasteiger partial charge in [-0.05, 0) is 17.2 Å². The minimum atomic E-state index is -0.955. The van der Waals surface area contributed by atoms with Crippen molar-refractivity contribution >= 4 is 17.0 Å². The predicted molar refractivity (Wildman–Crippen MR) is 128 cm³/mol. The molecule has 0 aliphatic rings. The Labute approximate surface area is 196 Å². The largest absolute Gasteiger partial charge is 0.493 e. The number of nitrogens with one attached hydrogen (secondary N) is 1. The van der Waals surface area contributed by atoms with Crippen LogP contribution in [0.15, 0.2) is 91.5 Å². The van der Waals surface area contributed by atoms with Crippen molar-refractivity contribution < 1.29 is 14.7 Å². The summed E-state index contributed by atoms with van der Waals surface area (Å²) in [5.41, 5.74) is 2.49. The fourth-order valence-electron chi connectivity index (χ4n) is 4.34. The van der Waals surface area contributed by atoms with Gasteiger partial charge in [0.05, 0.1) is 14.2 Å². The second-order valence-electron chi connectivity index (χ2n) is 7.63. The van der Waals surface area contributed by atoms with Gasteiger partial charge in [0.1, 0.15) is 18.2 Å². The van der Waals surface area contributed by atoms with Gasteiger partial charge in [-0.2, -0.15) is 4.73 Å². The number of hydrogen-bond acceptors (Lipinski definition) is 7. The van der Waals surface area contributed by atoms with E-state index < -0.39 is 5.54 Å². The molecule has 0 unspecified atom stereocenters. The number of hydrogen-bond donors (Lipinski definition) is 2. The maximum absolute atomic E-state index is 10.1. The van der Waals surface area contributed by atoms with Gasteiger partial charge in [-0.25, -0.2) is 15.0 Å². The normalized spacial score (nSPS) is 11.4. The van der Waals surface area contributed by atoms with Crippen LogP contribution in [-0.2, 0) is 5.54 Å². The predicted octanol–water partition coefficient (Wildman–Crippen LogP) is 4.48. The highest BCUT2D eigenvalue weighted by molar-refractivity contribution is 5.84. The van der Waals surface area contributed by atoms with Crippen LogP contribution in [0.5, 0.6) is 11.5 Å². The average molecular weight is 454 g/mol. The van der Waals surface area contributed by atoms with E-state index in [0.29, 0.717) is 28.5 Å². The molecule has 170 valence electrons. The highest BCUT2D eigenvalue weighted by Gasteiger charge is 2.40. The number of rotatable bonds is 7. The molecule has 0 fully saturated rings. The Morgan fingerprint density at radius 1 is 0.794 bits per heavy atom. The lowest BCUT2D eigenvalue weighted by molar-refractivity contribution is 0.196. The maximum Gasteiger partial charge on any atom is 0.200 e. The average Bonchev–Trinajstić information content (AvgIpc) is 3.29. The summed E-state index contributed by atoms with van der Waals surface area (Å²) in [6, 6.07) is 25.8. The molecule has 8 nitrogen and oxygen atoms in total. The summed E-state index contributed by atoms with van der Waals surface area (Å²) >= 11 is 0. The molecule has 5 aromatic rings. The van der Waals surface area contributed by atoms with E-state index in [1.165, 1.54) is 12.7 Å². The third-order valence-electron chi connectivity index (χ3n) is 5.84. The summed E-state index contributed by atoms with van der Waals surface area (Å²) in [5.74, 6) is 1.64. The molecule has 0 bridgehead atoms. The Hall–Kier alpha value is -4.59. The molecule has 34 heavy (non-hydrogen) atoms. The minimum absolute atomic E-state index is 0.296. The van der Waals surface area contributed by atoms with E-state index in [4.69, 9.17) is 9.47 Å². The van der Waals surface area contributed by atoms with E-state index in [-0.39, 0.29) is 0 Å². The van der Waals surface area contributed by atoms with Gasteiger partial charge < -0.3 is 20.0 Å². The van der Waals surface area contributed by atoms with Crippen LogP contribution < -0.4 is 14.8 Å². The Bertz CT molecular complexity index is 1380. The van der Waals surface area contributed by atoms with E-state index in [1.807, 2.05) is 78.9 Å². The number of para-hydroxylation sites is 1. The Morgan fingerprint density at radius 3 is 2.09 bits per heavy atom. The molecule has 2 heterocycles. The Kier molecular flexibility index (Phi) is 5.47. The van der Waals surface area contributed by atoms with Crippen LogP contribution in [0.4, 0.5) is 5.82 Å². The van der Waals surface area contributed by atoms with Gasteiger partial charge in [0.25, 0.3) is 0 Å². The van der Waals surface area contributed by atoms with E-state index in [0.717, 1.165) is 21.4 Å². The van der Waals surface area contributed by atoms with E-state index in [1.54, 1.807) is 14.2 Å². The molecule has 0 saturated heterocycles. The second-order valence-corrected chi connectivity index (χ2v) is 7.63. The Balaban J connectivity index is 1.88. The SMILES string of the molecule is COc1cccc(C(Nc2ncnc3c2ncn3O)(c2ccccc2)c2ccccc2)c1OC. The number of methoxy groups -OCH3 is 2. The first kappa shape index (κ1) is 21.3. The van der Waals surface area contributed by atoms with Gasteiger partial charge in [-0.15, -0.1) is 0 Å². The lowest BCUT2D eigenvalue weighted by Crippen LogP contribution is -2.39. The lowest BCUT2D eigenvalue weighted by atomic mass is 9.76. The highest BCUT2D eigenvalue weighted by Crippen LogP contribution is 2.47. The van der Waals surface area contributed by atoms with Crippen molar-refractivity contribution in [2.24, 2.45) is 0 Å². The molecule has 0 radical (unpaired) electrons. The van der Waals surface area contributed by atoms with Crippen molar-refractivity contribution in [2.75, 3.05) is 19.5 Å². The fraction of sp³-hybridized carbons (Fsp3) is 0.115. The highest BCUT2D eigenvalue weighted by atomic mass is 16.5. The van der Waals surface area contributed by atoms with Crippen LogP contribution in [-0.4, -0.2) is 39.1 Å². The number of anilines is 1. The molecule has 0 aliphatic heterocycles. The Morgan fingerprint density at radius 2 is 1.47 bits per heavy atom. The number of ether oxygens (including phenoxy) is 2. The second kappa shape index (κ2) is 8.74. The molecular formula is C26H23N5O3. The third-order valence-corrected chi connectivity index (χ3v) is 5.84. The van der Waals surface area contributed by atoms with Gasteiger partial charge >= 0.3 is 0 Å². The molecule has 0 saturated carbocycles. The summed E-state index contributed by atoms with van der Waals surface area (Å²) in [7, 11) is 3.24. The molecular weight excluding hydrogens is 430 g/mol. The smallest absolute Gasteiger partial charge is 0.200 e. The van der Waals surface area contributed by atoms with Crippen molar-refractivity contribution in [3.8, 4) is 11.5 Å². The standard InChI is InChI=1S/C26H23N5O3/c1-33-21-15-9-14-20(23(21)34-2)26(18-10-5-3-6-11-18,19-12-7-4-8-13-19)30-24-22-25(28-16-27-24)31(32)17-29-22/h3-17,32H,1-2H3,(H,27,28,30). The summed E-state index contributed by atoms with van der Waals surface area (Å²) in [4.78, 5) is 13.0. The van der Waals surface area contributed by atoms with Gasteiger partial charge in [0, 0.05) is 5.56 Å². The van der Waals surface area contributed by atoms with Gasteiger partial charge in [-0.3, -0.25) is 0 Å². The first-order valence-corrected chi connectivity index (χ1v) is 10.7. The zero-order valence-electron chi connectivity index (χ0n) is 18.7. The fourth-order valence-corrected chi connectivity index (χ4v) is 4.34. The van der Waals surface area contributed by atoms with Crippen molar-refractivity contribution in [1.29, 1.82) is 0 Å². The van der Waals surface area contributed by atoms with Crippen molar-refractivity contribution in [3.05, 3.63) is 108 Å². The summed E-state index contributed by atoms with van der Waals surface area (Å²) in [6.45, 7) is 0. The van der Waals surface area contributed by atoms with Crippen molar-refractivity contribution in [2.45, 2.75) is 5.54 Å². The number of imidazole rings is 1. The van der Waals surface area contributed by atoms with Crippen LogP contribution in [0.25, 0.3) is 11.2 Å².